The van der Waals surface area contributed by atoms with E-state index in [1.165, 1.54) is 11.8 Å². The molecule has 0 bridgehead atoms. The highest BCUT2D eigenvalue weighted by Gasteiger charge is 2.18. The van der Waals surface area contributed by atoms with Crippen molar-refractivity contribution in [3.05, 3.63) is 99.4 Å². The Morgan fingerprint density at radius 2 is 1.76 bits per heavy atom. The van der Waals surface area contributed by atoms with E-state index >= 15 is 0 Å². The van der Waals surface area contributed by atoms with E-state index in [0.29, 0.717) is 33.6 Å². The summed E-state index contributed by atoms with van der Waals surface area (Å²) in [5.74, 6) is 0.0729. The molecular formula is C25H20Cl2N6O. The standard InChI is InChI=1S/C25H20Cl2N6O/c1-15-6-8-17(9-7-15)22-10-11-28-24-18(13-29-33(22)24)25(34)30-23-12-16(2)32(31-23)14-19-20(26)4-3-5-21(19)27/h3-13H,14H2,1-2H3,(H,30,31,34). The zero-order valence-electron chi connectivity index (χ0n) is 18.5. The van der Waals surface area contributed by atoms with Gasteiger partial charge in [0.2, 0.25) is 0 Å². The molecule has 0 fully saturated rings. The Kier molecular flexibility index (Phi) is 5.81. The fourth-order valence-electron chi connectivity index (χ4n) is 3.74. The second-order valence-electron chi connectivity index (χ2n) is 7.97. The molecule has 0 atom stereocenters. The van der Waals surface area contributed by atoms with E-state index in [2.05, 4.69) is 20.5 Å². The Balaban J connectivity index is 1.41. The summed E-state index contributed by atoms with van der Waals surface area (Å²) in [6.45, 7) is 4.32. The Bertz CT molecular complexity index is 1500. The summed E-state index contributed by atoms with van der Waals surface area (Å²) in [6, 6.07) is 17.1. The first-order chi connectivity index (χ1) is 16.4. The number of hydrogen-bond acceptors (Lipinski definition) is 4. The summed E-state index contributed by atoms with van der Waals surface area (Å²) in [5, 5.41) is 12.9. The number of hydrogen-bond donors (Lipinski definition) is 1. The van der Waals surface area contributed by atoms with Crippen molar-refractivity contribution in [1.29, 1.82) is 0 Å². The van der Waals surface area contributed by atoms with Gasteiger partial charge in [-0.2, -0.15) is 10.2 Å². The van der Waals surface area contributed by atoms with E-state index < -0.39 is 0 Å². The molecule has 0 spiro atoms. The van der Waals surface area contributed by atoms with Crippen molar-refractivity contribution in [2.45, 2.75) is 20.4 Å². The van der Waals surface area contributed by atoms with Crippen LogP contribution in [0.15, 0.2) is 67.0 Å². The molecule has 9 heteroatoms. The predicted molar refractivity (Wildman–Crippen MR) is 134 cm³/mol. The molecule has 5 aromatic rings. The third-order valence-electron chi connectivity index (χ3n) is 5.59. The van der Waals surface area contributed by atoms with E-state index in [1.54, 1.807) is 39.7 Å². The van der Waals surface area contributed by atoms with Crippen LogP contribution in [-0.4, -0.2) is 30.3 Å². The first-order valence-corrected chi connectivity index (χ1v) is 11.3. The first-order valence-electron chi connectivity index (χ1n) is 10.6. The number of halogens is 2. The number of carbonyl (C=O) groups is 1. The molecule has 0 aliphatic carbocycles. The molecule has 1 N–H and O–H groups in total. The zero-order valence-corrected chi connectivity index (χ0v) is 20.0. The number of rotatable bonds is 5. The molecule has 2 aromatic carbocycles. The molecule has 3 heterocycles. The molecule has 0 saturated carbocycles. The lowest BCUT2D eigenvalue weighted by Gasteiger charge is -2.08. The van der Waals surface area contributed by atoms with Crippen molar-refractivity contribution in [3.63, 3.8) is 0 Å². The molecule has 5 rings (SSSR count). The second-order valence-corrected chi connectivity index (χ2v) is 8.79. The average molecular weight is 491 g/mol. The molecule has 1 amide bonds. The number of fused-ring (bicyclic) bond motifs is 1. The number of carbonyl (C=O) groups excluding carboxylic acids is 1. The lowest BCUT2D eigenvalue weighted by atomic mass is 10.1. The van der Waals surface area contributed by atoms with Crippen LogP contribution in [0.1, 0.15) is 27.2 Å². The molecule has 0 radical (unpaired) electrons. The fourth-order valence-corrected chi connectivity index (χ4v) is 4.26. The van der Waals surface area contributed by atoms with Crippen molar-refractivity contribution >= 4 is 40.6 Å². The molecule has 7 nitrogen and oxygen atoms in total. The lowest BCUT2D eigenvalue weighted by molar-refractivity contribution is 0.102. The van der Waals surface area contributed by atoms with Gasteiger partial charge in [-0.15, -0.1) is 0 Å². The van der Waals surface area contributed by atoms with Gasteiger partial charge in [0.1, 0.15) is 5.56 Å². The Morgan fingerprint density at radius 3 is 2.50 bits per heavy atom. The Labute approximate surface area is 206 Å². The van der Waals surface area contributed by atoms with Crippen LogP contribution < -0.4 is 5.32 Å². The van der Waals surface area contributed by atoms with Crippen LogP contribution in [0, 0.1) is 13.8 Å². The number of anilines is 1. The van der Waals surface area contributed by atoms with Crippen molar-refractivity contribution in [2.24, 2.45) is 0 Å². The predicted octanol–water partition coefficient (Wildman–Crippen LogP) is 5.82. The van der Waals surface area contributed by atoms with Gasteiger partial charge >= 0.3 is 0 Å². The summed E-state index contributed by atoms with van der Waals surface area (Å²) in [7, 11) is 0. The Morgan fingerprint density at radius 1 is 1.03 bits per heavy atom. The summed E-state index contributed by atoms with van der Waals surface area (Å²) in [6.07, 6.45) is 3.19. The number of aromatic nitrogens is 5. The number of amides is 1. The van der Waals surface area contributed by atoms with Gasteiger partial charge in [0, 0.05) is 39.1 Å². The average Bonchev–Trinajstić information content (AvgIpc) is 3.40. The third-order valence-corrected chi connectivity index (χ3v) is 6.29. The van der Waals surface area contributed by atoms with Crippen LogP contribution >= 0.6 is 23.2 Å². The number of nitrogens with zero attached hydrogens (tertiary/aromatic N) is 5. The van der Waals surface area contributed by atoms with Crippen LogP contribution in [0.3, 0.4) is 0 Å². The number of benzene rings is 2. The van der Waals surface area contributed by atoms with Gasteiger partial charge in [0.15, 0.2) is 11.5 Å². The van der Waals surface area contributed by atoms with E-state index in [1.807, 2.05) is 44.2 Å². The van der Waals surface area contributed by atoms with Gasteiger partial charge in [-0.05, 0) is 32.0 Å². The van der Waals surface area contributed by atoms with E-state index in [0.717, 1.165) is 22.5 Å². The third kappa shape index (κ3) is 4.16. The van der Waals surface area contributed by atoms with Crippen LogP contribution in [0.2, 0.25) is 10.0 Å². The maximum atomic E-state index is 13.1. The summed E-state index contributed by atoms with van der Waals surface area (Å²) >= 11 is 12.6. The van der Waals surface area contributed by atoms with E-state index in [9.17, 15) is 4.79 Å². The molecule has 0 unspecified atom stereocenters. The van der Waals surface area contributed by atoms with Gasteiger partial charge in [-0.25, -0.2) is 9.50 Å². The van der Waals surface area contributed by atoms with E-state index in [4.69, 9.17) is 23.2 Å². The maximum absolute atomic E-state index is 13.1. The van der Waals surface area contributed by atoms with Crippen molar-refractivity contribution in [2.75, 3.05) is 5.32 Å². The highest BCUT2D eigenvalue weighted by molar-refractivity contribution is 6.36. The van der Waals surface area contributed by atoms with Crippen molar-refractivity contribution < 1.29 is 4.79 Å². The van der Waals surface area contributed by atoms with Crippen LogP contribution in [0.4, 0.5) is 5.82 Å². The van der Waals surface area contributed by atoms with Crippen LogP contribution in [0.5, 0.6) is 0 Å². The van der Waals surface area contributed by atoms with Crippen molar-refractivity contribution in [1.82, 2.24) is 24.4 Å². The first kappa shape index (κ1) is 22.1. The maximum Gasteiger partial charge on any atom is 0.262 e. The SMILES string of the molecule is Cc1ccc(-c2ccnc3c(C(=O)Nc4cc(C)n(Cc5c(Cl)cccc5Cl)n4)cnn23)cc1. The van der Waals surface area contributed by atoms with E-state index in [-0.39, 0.29) is 5.91 Å². The monoisotopic (exact) mass is 490 g/mol. The molecule has 0 aliphatic heterocycles. The van der Waals surface area contributed by atoms with Gasteiger partial charge in [-0.1, -0.05) is 59.1 Å². The molecule has 0 saturated heterocycles. The van der Waals surface area contributed by atoms with Crippen molar-refractivity contribution in [3.8, 4) is 11.3 Å². The smallest absolute Gasteiger partial charge is 0.262 e. The fraction of sp³-hybridized carbons (Fsp3) is 0.120. The summed E-state index contributed by atoms with van der Waals surface area (Å²) < 4.78 is 3.41. The van der Waals surface area contributed by atoms with Gasteiger partial charge in [-0.3, -0.25) is 9.48 Å². The highest BCUT2D eigenvalue weighted by atomic mass is 35.5. The van der Waals surface area contributed by atoms with Crippen LogP contribution in [0.25, 0.3) is 16.9 Å². The molecule has 3 aromatic heterocycles. The lowest BCUT2D eigenvalue weighted by Crippen LogP contribution is -2.13. The second kappa shape index (κ2) is 8.93. The molecule has 0 aliphatic rings. The van der Waals surface area contributed by atoms with Gasteiger partial charge in [0.05, 0.1) is 18.4 Å². The zero-order chi connectivity index (χ0) is 23.8. The highest BCUT2D eigenvalue weighted by Crippen LogP contribution is 2.26. The topological polar surface area (TPSA) is 77.1 Å². The minimum Gasteiger partial charge on any atom is -0.305 e. The molecule has 34 heavy (non-hydrogen) atoms. The summed E-state index contributed by atoms with van der Waals surface area (Å²) in [4.78, 5) is 17.5. The van der Waals surface area contributed by atoms with Crippen LogP contribution in [-0.2, 0) is 6.54 Å². The largest absolute Gasteiger partial charge is 0.305 e. The normalized spacial score (nSPS) is 11.2. The quantitative estimate of drug-likeness (QED) is 0.336. The minimum absolute atomic E-state index is 0.344. The summed E-state index contributed by atoms with van der Waals surface area (Å²) in [5.41, 5.74) is 5.45. The molecule has 170 valence electrons. The van der Waals surface area contributed by atoms with Gasteiger partial charge < -0.3 is 5.32 Å². The van der Waals surface area contributed by atoms with Gasteiger partial charge in [0.25, 0.3) is 5.91 Å². The molecular weight excluding hydrogens is 471 g/mol. The minimum atomic E-state index is -0.344. The number of nitrogens with one attached hydrogen (secondary N) is 1. The Hall–Kier alpha value is -3.68. The number of aryl methyl sites for hydroxylation is 2.